The molecule has 1 aromatic carbocycles. The molecule has 1 aromatic rings. The van der Waals surface area contributed by atoms with Crippen LogP contribution in [0.2, 0.25) is 0 Å². The molecule has 0 aromatic heterocycles. The molecule has 18 heavy (non-hydrogen) atoms. The molecule has 2 rings (SSSR count). The lowest BCUT2D eigenvalue weighted by molar-refractivity contribution is 0.251. The van der Waals surface area contributed by atoms with Crippen LogP contribution in [0.1, 0.15) is 13.3 Å². The first-order valence-corrected chi connectivity index (χ1v) is 7.16. The fraction of sp³-hybridized carbons (Fsp3) is 0.462. The van der Waals surface area contributed by atoms with Crippen molar-refractivity contribution in [2.24, 2.45) is 5.92 Å². The third-order valence-electron chi connectivity index (χ3n) is 3.08. The van der Waals surface area contributed by atoms with Crippen LogP contribution in [0.4, 0.5) is 10.5 Å². The van der Waals surface area contributed by atoms with Crippen molar-refractivity contribution in [2.45, 2.75) is 24.3 Å². The van der Waals surface area contributed by atoms with E-state index in [1.165, 1.54) is 0 Å². The molecule has 2 atom stereocenters. The van der Waals surface area contributed by atoms with E-state index < -0.39 is 0 Å². The second-order valence-electron chi connectivity index (χ2n) is 4.48. The van der Waals surface area contributed by atoms with Crippen LogP contribution in [0.25, 0.3) is 0 Å². The molecule has 0 heterocycles. The highest BCUT2D eigenvalue weighted by Crippen LogP contribution is 2.31. The van der Waals surface area contributed by atoms with Crippen LogP contribution in [-0.4, -0.2) is 25.4 Å². The summed E-state index contributed by atoms with van der Waals surface area (Å²) in [6.07, 6.45) is 3.07. The van der Waals surface area contributed by atoms with Gasteiger partial charge in [-0.2, -0.15) is 0 Å². The maximum absolute atomic E-state index is 11.7. The van der Waals surface area contributed by atoms with Crippen LogP contribution in [0, 0.1) is 5.92 Å². The summed E-state index contributed by atoms with van der Waals surface area (Å²) in [5, 5.41) is 5.74. The Hall–Kier alpha value is -1.36. The maximum Gasteiger partial charge on any atom is 0.319 e. The van der Waals surface area contributed by atoms with E-state index in [2.05, 4.69) is 17.6 Å². The lowest BCUT2D eigenvalue weighted by Gasteiger charge is -2.12. The first kappa shape index (κ1) is 13.1. The Bertz CT molecular complexity index is 451. The van der Waals surface area contributed by atoms with E-state index in [0.29, 0.717) is 23.4 Å². The molecular weight excluding hydrogens is 248 g/mol. The predicted octanol–water partition coefficient (Wildman–Crippen LogP) is 2.95. The molecule has 2 amide bonds. The fourth-order valence-electron chi connectivity index (χ4n) is 1.75. The van der Waals surface area contributed by atoms with Crippen molar-refractivity contribution < 1.29 is 9.53 Å². The Kier molecular flexibility index (Phi) is 4.01. The third-order valence-corrected chi connectivity index (χ3v) is 3.81. The molecule has 0 aliphatic heterocycles. The molecule has 0 spiro atoms. The monoisotopic (exact) mass is 266 g/mol. The number of benzene rings is 1. The van der Waals surface area contributed by atoms with E-state index in [0.717, 1.165) is 11.3 Å². The molecule has 0 bridgehead atoms. The fourth-order valence-corrected chi connectivity index (χ4v) is 2.18. The van der Waals surface area contributed by atoms with E-state index in [1.54, 1.807) is 18.9 Å². The Morgan fingerprint density at radius 3 is 2.78 bits per heavy atom. The number of anilines is 1. The zero-order valence-corrected chi connectivity index (χ0v) is 11.6. The number of rotatable bonds is 4. The summed E-state index contributed by atoms with van der Waals surface area (Å²) in [6.45, 7) is 2.12. The van der Waals surface area contributed by atoms with Crippen molar-refractivity contribution in [3.8, 4) is 5.75 Å². The van der Waals surface area contributed by atoms with Crippen LogP contribution in [-0.2, 0) is 0 Å². The molecule has 4 nitrogen and oxygen atoms in total. The first-order chi connectivity index (χ1) is 8.63. The number of hydrogen-bond donors (Lipinski definition) is 2. The van der Waals surface area contributed by atoms with Gasteiger partial charge in [-0.1, -0.05) is 6.92 Å². The highest BCUT2D eigenvalue weighted by Gasteiger charge is 2.33. The van der Waals surface area contributed by atoms with Gasteiger partial charge in [0, 0.05) is 10.9 Å². The predicted molar refractivity (Wildman–Crippen MR) is 74.5 cm³/mol. The minimum atomic E-state index is -0.167. The van der Waals surface area contributed by atoms with Crippen molar-refractivity contribution in [3.05, 3.63) is 18.2 Å². The molecule has 1 fully saturated rings. The summed E-state index contributed by atoms with van der Waals surface area (Å²) in [4.78, 5) is 12.9. The summed E-state index contributed by atoms with van der Waals surface area (Å²) < 4.78 is 5.27. The quantitative estimate of drug-likeness (QED) is 0.824. The Labute approximate surface area is 111 Å². The lowest BCUT2D eigenvalue weighted by Crippen LogP contribution is -2.31. The molecule has 1 aliphatic carbocycles. The Morgan fingerprint density at radius 2 is 2.22 bits per heavy atom. The van der Waals surface area contributed by atoms with Crippen LogP contribution < -0.4 is 15.4 Å². The van der Waals surface area contributed by atoms with Gasteiger partial charge >= 0.3 is 6.03 Å². The molecule has 0 unspecified atom stereocenters. The van der Waals surface area contributed by atoms with Crippen molar-refractivity contribution in [2.75, 3.05) is 18.7 Å². The summed E-state index contributed by atoms with van der Waals surface area (Å²) in [5.41, 5.74) is 0.695. The molecule has 0 radical (unpaired) electrons. The van der Waals surface area contributed by atoms with Gasteiger partial charge in [0.2, 0.25) is 0 Å². The number of hydrogen-bond acceptors (Lipinski definition) is 3. The van der Waals surface area contributed by atoms with Crippen LogP contribution in [0.5, 0.6) is 5.75 Å². The van der Waals surface area contributed by atoms with Gasteiger partial charge in [-0.05, 0) is 36.8 Å². The first-order valence-electron chi connectivity index (χ1n) is 5.93. The highest BCUT2D eigenvalue weighted by molar-refractivity contribution is 7.98. The summed E-state index contributed by atoms with van der Waals surface area (Å²) >= 11 is 1.64. The number of methoxy groups -OCH3 is 1. The number of amides is 2. The SMILES string of the molecule is COc1cc(SC)ccc1NC(=O)N[C@H]1C[C@H]1C. The summed E-state index contributed by atoms with van der Waals surface area (Å²) in [6, 6.07) is 5.89. The lowest BCUT2D eigenvalue weighted by atomic mass is 10.3. The second-order valence-corrected chi connectivity index (χ2v) is 5.36. The number of carbonyl (C=O) groups is 1. The minimum Gasteiger partial charge on any atom is -0.495 e. The average Bonchev–Trinajstić information content (AvgIpc) is 3.05. The van der Waals surface area contributed by atoms with Gasteiger partial charge in [0.1, 0.15) is 5.75 Å². The van der Waals surface area contributed by atoms with Crippen LogP contribution >= 0.6 is 11.8 Å². The van der Waals surface area contributed by atoms with Gasteiger partial charge in [-0.3, -0.25) is 0 Å². The third kappa shape index (κ3) is 3.10. The maximum atomic E-state index is 11.7. The number of carbonyl (C=O) groups excluding carboxylic acids is 1. The Morgan fingerprint density at radius 1 is 1.50 bits per heavy atom. The van der Waals surface area contributed by atoms with Gasteiger partial charge in [0.05, 0.1) is 12.8 Å². The highest BCUT2D eigenvalue weighted by atomic mass is 32.2. The van der Waals surface area contributed by atoms with Crippen molar-refractivity contribution in [3.63, 3.8) is 0 Å². The van der Waals surface area contributed by atoms with Gasteiger partial charge in [0.15, 0.2) is 0 Å². The normalized spacial score (nSPS) is 21.3. The van der Waals surface area contributed by atoms with Gasteiger partial charge in [0.25, 0.3) is 0 Å². The van der Waals surface area contributed by atoms with E-state index in [1.807, 2.05) is 24.5 Å². The number of ether oxygens (including phenoxy) is 1. The van der Waals surface area contributed by atoms with Crippen LogP contribution in [0.15, 0.2) is 23.1 Å². The topological polar surface area (TPSA) is 50.4 Å². The van der Waals surface area contributed by atoms with Crippen LogP contribution in [0.3, 0.4) is 0 Å². The zero-order chi connectivity index (χ0) is 13.1. The average molecular weight is 266 g/mol. The minimum absolute atomic E-state index is 0.167. The smallest absolute Gasteiger partial charge is 0.319 e. The summed E-state index contributed by atoms with van der Waals surface area (Å²) in [7, 11) is 1.60. The zero-order valence-electron chi connectivity index (χ0n) is 10.8. The largest absolute Gasteiger partial charge is 0.495 e. The summed E-state index contributed by atoms with van der Waals surface area (Å²) in [5.74, 6) is 1.28. The molecule has 1 aliphatic rings. The molecule has 98 valence electrons. The number of nitrogens with one attached hydrogen (secondary N) is 2. The van der Waals surface area contributed by atoms with Gasteiger partial charge in [-0.25, -0.2) is 4.79 Å². The number of thioether (sulfide) groups is 1. The standard InChI is InChI=1S/C13H18N2O2S/c1-8-6-11(8)15-13(16)14-10-5-4-9(18-3)7-12(10)17-2/h4-5,7-8,11H,6H2,1-3H3,(H2,14,15,16)/t8-,11+/m1/s1. The van der Waals surface area contributed by atoms with E-state index >= 15 is 0 Å². The van der Waals surface area contributed by atoms with Crippen molar-refractivity contribution in [1.82, 2.24) is 5.32 Å². The second kappa shape index (κ2) is 5.52. The molecule has 2 N–H and O–H groups in total. The molecule has 5 heteroatoms. The molecule has 1 saturated carbocycles. The number of urea groups is 1. The molecular formula is C13H18N2O2S. The van der Waals surface area contributed by atoms with E-state index in [4.69, 9.17) is 4.74 Å². The van der Waals surface area contributed by atoms with E-state index in [-0.39, 0.29) is 6.03 Å². The van der Waals surface area contributed by atoms with Crippen molar-refractivity contribution >= 4 is 23.5 Å². The van der Waals surface area contributed by atoms with Gasteiger partial charge < -0.3 is 15.4 Å². The molecule has 0 saturated heterocycles. The van der Waals surface area contributed by atoms with Crippen molar-refractivity contribution in [1.29, 1.82) is 0 Å². The van der Waals surface area contributed by atoms with E-state index in [9.17, 15) is 4.79 Å². The van der Waals surface area contributed by atoms with Gasteiger partial charge in [-0.15, -0.1) is 11.8 Å². The Balaban J connectivity index is 2.01.